The summed E-state index contributed by atoms with van der Waals surface area (Å²) >= 11 is 3.39. The van der Waals surface area contributed by atoms with Gasteiger partial charge in [-0.2, -0.15) is 0 Å². The van der Waals surface area contributed by atoms with E-state index >= 15 is 0 Å². The van der Waals surface area contributed by atoms with Crippen LogP contribution in [-0.4, -0.2) is 44.1 Å². The monoisotopic (exact) mass is 443 g/mol. The Morgan fingerprint density at radius 1 is 1.10 bits per heavy atom. The summed E-state index contributed by atoms with van der Waals surface area (Å²) in [6.07, 6.45) is 0.836. The second kappa shape index (κ2) is 8.89. The van der Waals surface area contributed by atoms with Gasteiger partial charge in [0, 0.05) is 21.9 Å². The Kier molecular flexibility index (Phi) is 6.06. The maximum absolute atomic E-state index is 13.5. The van der Waals surface area contributed by atoms with Crippen molar-refractivity contribution in [2.24, 2.45) is 0 Å². The zero-order valence-electron chi connectivity index (χ0n) is 16.6. The number of hydrogen-bond acceptors (Lipinski definition) is 7. The van der Waals surface area contributed by atoms with E-state index in [1.807, 2.05) is 16.3 Å². The summed E-state index contributed by atoms with van der Waals surface area (Å²) in [7, 11) is 2.81. The number of hydrogen-bond donors (Lipinski definition) is 0. The van der Waals surface area contributed by atoms with Crippen LogP contribution in [0.25, 0.3) is 0 Å². The SMILES string of the molecule is COC(=O)COc1cc(C(=O)N2CCc3sccc3C2c2cccs2)ccc1OC. The highest BCUT2D eigenvalue weighted by Crippen LogP contribution is 2.40. The second-order valence-corrected chi connectivity index (χ2v) is 8.68. The Bertz CT molecular complexity index is 1040. The molecule has 3 heterocycles. The lowest BCUT2D eigenvalue weighted by atomic mass is 9.97. The van der Waals surface area contributed by atoms with Crippen LogP contribution in [0.15, 0.2) is 47.2 Å². The van der Waals surface area contributed by atoms with Gasteiger partial charge in [-0.25, -0.2) is 4.79 Å². The fourth-order valence-electron chi connectivity index (χ4n) is 3.57. The van der Waals surface area contributed by atoms with Gasteiger partial charge in [0.05, 0.1) is 20.3 Å². The van der Waals surface area contributed by atoms with Gasteiger partial charge in [0.2, 0.25) is 0 Å². The number of fused-ring (bicyclic) bond motifs is 1. The van der Waals surface area contributed by atoms with E-state index in [4.69, 9.17) is 9.47 Å². The van der Waals surface area contributed by atoms with E-state index in [0.717, 1.165) is 11.3 Å². The molecule has 4 rings (SSSR count). The molecule has 30 heavy (non-hydrogen) atoms. The Hall–Kier alpha value is -2.84. The number of thiophene rings is 2. The van der Waals surface area contributed by atoms with Gasteiger partial charge in [0.15, 0.2) is 18.1 Å². The standard InChI is InChI=1S/C22H21NO5S2/c1-26-16-6-5-14(12-17(16)28-13-20(24)27-2)22(25)23-9-7-18-15(8-11-30-18)21(23)19-4-3-10-29-19/h3-6,8,10-12,21H,7,9,13H2,1-2H3. The highest BCUT2D eigenvalue weighted by molar-refractivity contribution is 7.10. The zero-order chi connectivity index (χ0) is 21.1. The molecule has 1 aromatic carbocycles. The molecule has 0 fully saturated rings. The zero-order valence-corrected chi connectivity index (χ0v) is 18.3. The van der Waals surface area contributed by atoms with Crippen molar-refractivity contribution in [3.8, 4) is 11.5 Å². The number of carbonyl (C=O) groups excluding carboxylic acids is 2. The summed E-state index contributed by atoms with van der Waals surface area (Å²) in [4.78, 5) is 29.4. The minimum atomic E-state index is -0.507. The molecule has 156 valence electrons. The van der Waals surface area contributed by atoms with Gasteiger partial charge in [-0.05, 0) is 53.1 Å². The smallest absolute Gasteiger partial charge is 0.343 e. The van der Waals surface area contributed by atoms with Gasteiger partial charge < -0.3 is 19.1 Å². The number of carbonyl (C=O) groups is 2. The highest BCUT2D eigenvalue weighted by atomic mass is 32.1. The molecule has 2 aromatic heterocycles. The van der Waals surface area contributed by atoms with Crippen LogP contribution in [0.3, 0.4) is 0 Å². The molecule has 6 nitrogen and oxygen atoms in total. The van der Waals surface area contributed by atoms with Gasteiger partial charge >= 0.3 is 5.97 Å². The van der Waals surface area contributed by atoms with Gasteiger partial charge in [-0.1, -0.05) is 6.07 Å². The first-order valence-corrected chi connectivity index (χ1v) is 11.2. The summed E-state index contributed by atoms with van der Waals surface area (Å²) in [5, 5.41) is 4.12. The first-order valence-electron chi connectivity index (χ1n) is 9.40. The van der Waals surface area contributed by atoms with E-state index in [1.54, 1.807) is 40.9 Å². The Morgan fingerprint density at radius 3 is 2.70 bits per heavy atom. The largest absolute Gasteiger partial charge is 0.493 e. The molecule has 8 heteroatoms. The molecule has 1 amide bonds. The molecule has 0 N–H and O–H groups in total. The minimum Gasteiger partial charge on any atom is -0.493 e. The fourth-order valence-corrected chi connectivity index (χ4v) is 5.33. The van der Waals surface area contributed by atoms with E-state index in [2.05, 4.69) is 22.2 Å². The van der Waals surface area contributed by atoms with Gasteiger partial charge in [0.25, 0.3) is 5.91 Å². The fraction of sp³-hybridized carbons (Fsp3) is 0.273. The molecule has 1 unspecified atom stereocenters. The van der Waals surface area contributed by atoms with Gasteiger partial charge in [-0.15, -0.1) is 22.7 Å². The molecular weight excluding hydrogens is 422 g/mol. The molecular formula is C22H21NO5S2. The minimum absolute atomic E-state index is 0.0872. The molecule has 0 aliphatic carbocycles. The predicted octanol–water partition coefficient (Wildman–Crippen LogP) is 4.16. The Balaban J connectivity index is 1.65. The van der Waals surface area contributed by atoms with Gasteiger partial charge in [0.1, 0.15) is 0 Å². The number of methoxy groups -OCH3 is 2. The van der Waals surface area contributed by atoms with Crippen LogP contribution >= 0.6 is 22.7 Å². The lowest BCUT2D eigenvalue weighted by Gasteiger charge is -2.35. The number of ether oxygens (including phenoxy) is 3. The van der Waals surface area contributed by atoms with Crippen LogP contribution < -0.4 is 9.47 Å². The third-order valence-electron chi connectivity index (χ3n) is 5.02. The van der Waals surface area contributed by atoms with E-state index in [0.29, 0.717) is 23.6 Å². The molecule has 1 aliphatic heterocycles. The average molecular weight is 444 g/mol. The van der Waals surface area contributed by atoms with Crippen molar-refractivity contribution in [2.75, 3.05) is 27.4 Å². The molecule has 0 saturated heterocycles. The normalized spacial score (nSPS) is 15.4. The third kappa shape index (κ3) is 3.93. The lowest BCUT2D eigenvalue weighted by molar-refractivity contribution is -0.142. The van der Waals surface area contributed by atoms with E-state index in [1.165, 1.54) is 24.7 Å². The number of rotatable bonds is 6. The van der Waals surface area contributed by atoms with E-state index < -0.39 is 5.97 Å². The summed E-state index contributed by atoms with van der Waals surface area (Å²) in [5.41, 5.74) is 1.67. The molecule has 0 spiro atoms. The lowest BCUT2D eigenvalue weighted by Crippen LogP contribution is -2.39. The summed E-state index contributed by atoms with van der Waals surface area (Å²) in [5.74, 6) is 0.182. The molecule has 1 aliphatic rings. The van der Waals surface area contributed by atoms with Crippen molar-refractivity contribution in [1.82, 2.24) is 4.90 Å². The number of amides is 1. The molecule has 0 radical (unpaired) electrons. The van der Waals surface area contributed by atoms with Crippen LogP contribution in [0.1, 0.15) is 31.7 Å². The van der Waals surface area contributed by atoms with Crippen molar-refractivity contribution in [1.29, 1.82) is 0 Å². The number of nitrogens with zero attached hydrogens (tertiary/aromatic N) is 1. The molecule has 0 bridgehead atoms. The molecule has 0 saturated carbocycles. The van der Waals surface area contributed by atoms with Crippen molar-refractivity contribution in [3.63, 3.8) is 0 Å². The first-order chi connectivity index (χ1) is 14.6. The summed E-state index contributed by atoms with van der Waals surface area (Å²) in [6.45, 7) is 0.379. The maximum Gasteiger partial charge on any atom is 0.343 e. The van der Waals surface area contributed by atoms with Crippen LogP contribution in [0.4, 0.5) is 0 Å². The van der Waals surface area contributed by atoms with E-state index in [-0.39, 0.29) is 18.6 Å². The van der Waals surface area contributed by atoms with Crippen molar-refractivity contribution in [3.05, 3.63) is 68.0 Å². The third-order valence-corrected chi connectivity index (χ3v) is 6.94. The Labute approximate surface area is 182 Å². The van der Waals surface area contributed by atoms with Crippen molar-refractivity contribution < 1.29 is 23.8 Å². The quantitative estimate of drug-likeness (QED) is 0.536. The average Bonchev–Trinajstić information content (AvgIpc) is 3.48. The van der Waals surface area contributed by atoms with Crippen LogP contribution in [0, 0.1) is 0 Å². The van der Waals surface area contributed by atoms with Crippen molar-refractivity contribution >= 4 is 34.6 Å². The molecule has 1 atom stereocenters. The first kappa shape index (κ1) is 20.4. The van der Waals surface area contributed by atoms with Crippen LogP contribution in [0.2, 0.25) is 0 Å². The second-order valence-electron chi connectivity index (χ2n) is 6.70. The maximum atomic E-state index is 13.5. The van der Waals surface area contributed by atoms with Gasteiger partial charge in [-0.3, -0.25) is 4.79 Å². The van der Waals surface area contributed by atoms with Crippen LogP contribution in [0.5, 0.6) is 11.5 Å². The predicted molar refractivity (Wildman–Crippen MR) is 116 cm³/mol. The van der Waals surface area contributed by atoms with Crippen molar-refractivity contribution in [2.45, 2.75) is 12.5 Å². The summed E-state index contributed by atoms with van der Waals surface area (Å²) < 4.78 is 15.5. The Morgan fingerprint density at radius 2 is 1.97 bits per heavy atom. The topological polar surface area (TPSA) is 65.1 Å². The molecule has 3 aromatic rings. The summed E-state index contributed by atoms with van der Waals surface area (Å²) in [6, 6.07) is 11.1. The number of benzene rings is 1. The van der Waals surface area contributed by atoms with Crippen LogP contribution in [-0.2, 0) is 16.0 Å². The highest BCUT2D eigenvalue weighted by Gasteiger charge is 2.34. The van der Waals surface area contributed by atoms with E-state index in [9.17, 15) is 9.59 Å². The number of esters is 1.